The van der Waals surface area contributed by atoms with E-state index in [0.29, 0.717) is 18.7 Å². The van der Waals surface area contributed by atoms with Crippen LogP contribution in [0, 0.1) is 0 Å². The van der Waals surface area contributed by atoms with Crippen molar-refractivity contribution < 1.29 is 13.2 Å². The van der Waals surface area contributed by atoms with Crippen LogP contribution in [0.15, 0.2) is 23.1 Å². The molecule has 1 aromatic carbocycles. The third-order valence-electron chi connectivity index (χ3n) is 3.79. The lowest BCUT2D eigenvalue weighted by atomic mass is 10.0. The summed E-state index contributed by atoms with van der Waals surface area (Å²) in [4.78, 5) is 8.05. The average Bonchev–Trinajstić information content (AvgIpc) is 3.02. The molecule has 0 saturated carbocycles. The van der Waals surface area contributed by atoms with Gasteiger partial charge in [-0.05, 0) is 18.7 Å². The maximum absolute atomic E-state index is 11.9. The molecule has 1 aromatic heterocycles. The maximum Gasteiger partial charge on any atom is 0.177 e. The van der Waals surface area contributed by atoms with Crippen molar-refractivity contribution in [2.75, 3.05) is 26.0 Å². The van der Waals surface area contributed by atoms with Crippen LogP contribution in [-0.4, -0.2) is 50.4 Å². The van der Waals surface area contributed by atoms with Crippen molar-refractivity contribution in [2.24, 2.45) is 0 Å². The molecule has 0 amide bonds. The van der Waals surface area contributed by atoms with Crippen molar-refractivity contribution in [1.82, 2.24) is 15.3 Å². The van der Waals surface area contributed by atoms with E-state index in [0.717, 1.165) is 17.9 Å². The van der Waals surface area contributed by atoms with Crippen LogP contribution in [0.5, 0.6) is 0 Å². The van der Waals surface area contributed by atoms with Crippen LogP contribution in [0.3, 0.4) is 0 Å². The van der Waals surface area contributed by atoms with Gasteiger partial charge in [-0.1, -0.05) is 13.0 Å². The molecule has 2 N–H and O–H groups in total. The van der Waals surface area contributed by atoms with Crippen LogP contribution in [0.1, 0.15) is 18.7 Å². The predicted molar refractivity (Wildman–Crippen MR) is 80.2 cm³/mol. The van der Waals surface area contributed by atoms with Gasteiger partial charge in [-0.25, -0.2) is 13.4 Å². The molecule has 1 aliphatic heterocycles. The lowest BCUT2D eigenvalue weighted by Gasteiger charge is -2.15. The van der Waals surface area contributed by atoms with Gasteiger partial charge >= 0.3 is 0 Å². The molecule has 2 heterocycles. The number of fused-ring (bicyclic) bond motifs is 1. The van der Waals surface area contributed by atoms with Gasteiger partial charge in [0.15, 0.2) is 9.84 Å². The SMILES string of the molecule is CCNC1COCC1c1nc2c(S(C)(=O)=O)cccc2[nH]1. The molecule has 114 valence electrons. The number of aromatic nitrogens is 2. The van der Waals surface area contributed by atoms with E-state index in [1.54, 1.807) is 12.1 Å². The minimum absolute atomic E-state index is 0.116. The number of nitrogens with zero attached hydrogens (tertiary/aromatic N) is 1. The van der Waals surface area contributed by atoms with Gasteiger partial charge in [0, 0.05) is 12.3 Å². The van der Waals surface area contributed by atoms with Crippen LogP contribution in [0.25, 0.3) is 11.0 Å². The van der Waals surface area contributed by atoms with Gasteiger partial charge in [-0.2, -0.15) is 0 Å². The molecule has 7 heteroatoms. The van der Waals surface area contributed by atoms with Gasteiger partial charge in [0.1, 0.15) is 11.3 Å². The fourth-order valence-electron chi connectivity index (χ4n) is 2.79. The van der Waals surface area contributed by atoms with Crippen LogP contribution in [-0.2, 0) is 14.6 Å². The Morgan fingerprint density at radius 1 is 1.43 bits per heavy atom. The molecule has 0 bridgehead atoms. The second-order valence-electron chi connectivity index (χ2n) is 5.35. The molecule has 2 aromatic rings. The molecule has 0 aliphatic carbocycles. The molecule has 1 saturated heterocycles. The summed E-state index contributed by atoms with van der Waals surface area (Å²) in [6.45, 7) is 4.15. The van der Waals surface area contributed by atoms with Crippen molar-refractivity contribution in [3.05, 3.63) is 24.0 Å². The summed E-state index contributed by atoms with van der Waals surface area (Å²) in [5, 5.41) is 3.38. The summed E-state index contributed by atoms with van der Waals surface area (Å²) in [5.74, 6) is 0.898. The summed E-state index contributed by atoms with van der Waals surface area (Å²) in [6.07, 6.45) is 1.20. The zero-order valence-electron chi connectivity index (χ0n) is 12.1. The molecule has 2 atom stereocenters. The minimum atomic E-state index is -3.29. The van der Waals surface area contributed by atoms with Gasteiger partial charge < -0.3 is 15.0 Å². The predicted octanol–water partition coefficient (Wildman–Crippen LogP) is 1.06. The number of H-pyrrole nitrogens is 1. The summed E-state index contributed by atoms with van der Waals surface area (Å²) in [7, 11) is -3.29. The van der Waals surface area contributed by atoms with Crippen LogP contribution < -0.4 is 5.32 Å². The zero-order chi connectivity index (χ0) is 15.0. The number of likely N-dealkylation sites (N-methyl/N-ethyl adjacent to an activating group) is 1. The molecule has 1 fully saturated rings. The molecular formula is C14H19N3O3S. The van der Waals surface area contributed by atoms with Gasteiger partial charge in [0.05, 0.1) is 29.5 Å². The van der Waals surface area contributed by atoms with E-state index < -0.39 is 9.84 Å². The monoisotopic (exact) mass is 309 g/mol. The van der Waals surface area contributed by atoms with Crippen molar-refractivity contribution in [3.8, 4) is 0 Å². The number of rotatable bonds is 4. The number of sulfone groups is 1. The number of hydrogen-bond acceptors (Lipinski definition) is 5. The molecule has 6 nitrogen and oxygen atoms in total. The first kappa shape index (κ1) is 14.5. The Kier molecular flexibility index (Phi) is 3.73. The quantitative estimate of drug-likeness (QED) is 0.882. The van der Waals surface area contributed by atoms with Crippen LogP contribution in [0.4, 0.5) is 0 Å². The van der Waals surface area contributed by atoms with Crippen molar-refractivity contribution in [1.29, 1.82) is 0 Å². The van der Waals surface area contributed by atoms with Gasteiger partial charge in [0.2, 0.25) is 0 Å². The Bertz CT molecular complexity index is 754. The second kappa shape index (κ2) is 5.40. The Morgan fingerprint density at radius 2 is 2.24 bits per heavy atom. The maximum atomic E-state index is 11.9. The topological polar surface area (TPSA) is 84.1 Å². The van der Waals surface area contributed by atoms with E-state index in [1.165, 1.54) is 6.26 Å². The minimum Gasteiger partial charge on any atom is -0.379 e. The Labute approximate surface area is 123 Å². The standard InChI is InChI=1S/C14H19N3O3S/c1-3-15-11-8-20-7-9(11)14-16-10-5-4-6-12(13(10)17-14)21(2,18)19/h4-6,9,11,15H,3,7-8H2,1-2H3,(H,16,17). The number of nitrogens with one attached hydrogen (secondary N) is 2. The highest BCUT2D eigenvalue weighted by atomic mass is 32.2. The highest BCUT2D eigenvalue weighted by Gasteiger charge is 2.31. The Balaban J connectivity index is 2.06. The highest BCUT2D eigenvalue weighted by molar-refractivity contribution is 7.91. The highest BCUT2D eigenvalue weighted by Crippen LogP contribution is 2.28. The number of aromatic amines is 1. The average molecular weight is 309 g/mol. The number of hydrogen-bond donors (Lipinski definition) is 2. The largest absolute Gasteiger partial charge is 0.379 e. The van der Waals surface area contributed by atoms with Crippen LogP contribution in [0.2, 0.25) is 0 Å². The third kappa shape index (κ3) is 2.68. The number of imidazole rings is 1. The van der Waals surface area contributed by atoms with E-state index in [2.05, 4.69) is 22.2 Å². The Hall–Kier alpha value is -1.44. The molecular weight excluding hydrogens is 290 g/mol. The first-order chi connectivity index (χ1) is 10.0. The Morgan fingerprint density at radius 3 is 2.95 bits per heavy atom. The summed E-state index contributed by atoms with van der Waals surface area (Å²) < 4.78 is 29.2. The van der Waals surface area contributed by atoms with Gasteiger partial charge in [0.25, 0.3) is 0 Å². The van der Waals surface area contributed by atoms with E-state index in [-0.39, 0.29) is 16.9 Å². The first-order valence-corrected chi connectivity index (χ1v) is 8.89. The second-order valence-corrected chi connectivity index (χ2v) is 7.34. The lowest BCUT2D eigenvalue weighted by Crippen LogP contribution is -2.34. The fraction of sp³-hybridized carbons (Fsp3) is 0.500. The lowest BCUT2D eigenvalue weighted by molar-refractivity contribution is 0.187. The summed E-state index contributed by atoms with van der Waals surface area (Å²) in [6, 6.07) is 5.37. The van der Waals surface area contributed by atoms with E-state index in [9.17, 15) is 8.42 Å². The van der Waals surface area contributed by atoms with E-state index >= 15 is 0 Å². The zero-order valence-corrected chi connectivity index (χ0v) is 12.9. The normalized spacial score (nSPS) is 23.0. The van der Waals surface area contributed by atoms with Crippen molar-refractivity contribution in [2.45, 2.75) is 23.8 Å². The molecule has 3 rings (SSSR count). The fourth-order valence-corrected chi connectivity index (χ4v) is 3.62. The van der Waals surface area contributed by atoms with Crippen molar-refractivity contribution in [3.63, 3.8) is 0 Å². The van der Waals surface area contributed by atoms with Gasteiger partial charge in [-0.15, -0.1) is 0 Å². The molecule has 0 spiro atoms. The smallest absolute Gasteiger partial charge is 0.177 e. The van der Waals surface area contributed by atoms with E-state index in [4.69, 9.17) is 4.74 Å². The molecule has 0 radical (unpaired) electrons. The number of ether oxygens (including phenoxy) is 1. The van der Waals surface area contributed by atoms with Crippen LogP contribution >= 0.6 is 0 Å². The number of benzene rings is 1. The molecule has 21 heavy (non-hydrogen) atoms. The van der Waals surface area contributed by atoms with Crippen molar-refractivity contribution >= 4 is 20.9 Å². The summed E-state index contributed by atoms with van der Waals surface area (Å²) in [5.41, 5.74) is 1.26. The molecule has 1 aliphatic rings. The van der Waals surface area contributed by atoms with Gasteiger partial charge in [-0.3, -0.25) is 0 Å². The third-order valence-corrected chi connectivity index (χ3v) is 4.92. The first-order valence-electron chi connectivity index (χ1n) is 7.00. The number of para-hydroxylation sites is 1. The summed E-state index contributed by atoms with van der Waals surface area (Å²) >= 11 is 0. The molecule has 2 unspecified atom stereocenters. The van der Waals surface area contributed by atoms with E-state index in [1.807, 2.05) is 6.07 Å².